The highest BCUT2D eigenvalue weighted by molar-refractivity contribution is 6.30. The van der Waals surface area contributed by atoms with Crippen molar-refractivity contribution < 1.29 is 18.0 Å². The smallest absolute Gasteiger partial charge is 0.266 e. The number of anilines is 1. The molecule has 0 bridgehead atoms. The van der Waals surface area contributed by atoms with Crippen LogP contribution in [0.2, 0.25) is 5.02 Å². The molecule has 0 radical (unpaired) electrons. The number of nitrogens with one attached hydrogen (secondary N) is 1. The van der Waals surface area contributed by atoms with E-state index in [1.807, 2.05) is 0 Å². The minimum atomic E-state index is -0.777. The fourth-order valence-electron chi connectivity index (χ4n) is 2.29. The van der Waals surface area contributed by atoms with Gasteiger partial charge in [-0.15, -0.1) is 0 Å². The molecule has 0 unspecified atom stereocenters. The molecule has 134 valence electrons. The van der Waals surface area contributed by atoms with Gasteiger partial charge >= 0.3 is 0 Å². The van der Waals surface area contributed by atoms with E-state index in [-0.39, 0.29) is 22.7 Å². The number of nitriles is 1. The third kappa shape index (κ3) is 4.40. The van der Waals surface area contributed by atoms with Crippen molar-refractivity contribution in [1.29, 1.82) is 5.26 Å². The van der Waals surface area contributed by atoms with Crippen LogP contribution in [0.3, 0.4) is 0 Å². The SMILES string of the molecule is N#C/C(=C\c1ccc(-c2ccc(F)cc2F)o1)C(=O)Nc1ccc(Cl)cc1. The number of nitrogens with zero attached hydrogens (tertiary/aromatic N) is 1. The molecule has 0 spiro atoms. The maximum absolute atomic E-state index is 13.8. The molecule has 27 heavy (non-hydrogen) atoms. The molecule has 0 aliphatic carbocycles. The zero-order chi connectivity index (χ0) is 19.4. The van der Waals surface area contributed by atoms with Gasteiger partial charge in [-0.3, -0.25) is 4.79 Å². The molecule has 4 nitrogen and oxygen atoms in total. The summed E-state index contributed by atoms with van der Waals surface area (Å²) in [6, 6.07) is 14.2. The zero-order valence-electron chi connectivity index (χ0n) is 13.7. The molecule has 3 aromatic rings. The van der Waals surface area contributed by atoms with E-state index in [1.54, 1.807) is 30.3 Å². The van der Waals surface area contributed by atoms with Crippen LogP contribution in [0, 0.1) is 23.0 Å². The lowest BCUT2D eigenvalue weighted by Gasteiger charge is -2.03. The van der Waals surface area contributed by atoms with E-state index in [9.17, 15) is 18.8 Å². The van der Waals surface area contributed by atoms with Gasteiger partial charge in [-0.05, 0) is 48.5 Å². The Kier molecular flexibility index (Phi) is 5.34. The van der Waals surface area contributed by atoms with Gasteiger partial charge in [-0.1, -0.05) is 11.6 Å². The van der Waals surface area contributed by atoms with Gasteiger partial charge in [0.2, 0.25) is 0 Å². The highest BCUT2D eigenvalue weighted by Gasteiger charge is 2.13. The van der Waals surface area contributed by atoms with Gasteiger partial charge in [0, 0.05) is 22.9 Å². The van der Waals surface area contributed by atoms with Crippen molar-refractivity contribution in [2.45, 2.75) is 0 Å². The average molecular weight is 385 g/mol. The number of carbonyl (C=O) groups is 1. The zero-order valence-corrected chi connectivity index (χ0v) is 14.4. The first-order valence-corrected chi connectivity index (χ1v) is 8.08. The highest BCUT2D eigenvalue weighted by Crippen LogP contribution is 2.26. The molecule has 0 fully saturated rings. The first-order valence-electron chi connectivity index (χ1n) is 7.70. The minimum absolute atomic E-state index is 0.0696. The van der Waals surface area contributed by atoms with Gasteiger partial charge in [0.25, 0.3) is 5.91 Å². The molecule has 0 saturated heterocycles. The van der Waals surface area contributed by atoms with E-state index in [1.165, 1.54) is 24.3 Å². The van der Waals surface area contributed by atoms with Crippen LogP contribution in [-0.2, 0) is 4.79 Å². The normalized spacial score (nSPS) is 11.1. The van der Waals surface area contributed by atoms with E-state index < -0.39 is 17.5 Å². The van der Waals surface area contributed by atoms with Crippen molar-refractivity contribution in [1.82, 2.24) is 0 Å². The van der Waals surface area contributed by atoms with Crippen molar-refractivity contribution in [3.8, 4) is 17.4 Å². The predicted molar refractivity (Wildman–Crippen MR) is 97.7 cm³/mol. The number of rotatable bonds is 4. The summed E-state index contributed by atoms with van der Waals surface area (Å²) in [6.45, 7) is 0. The molecule has 7 heteroatoms. The van der Waals surface area contributed by atoms with Crippen LogP contribution in [0.15, 0.2) is 64.6 Å². The van der Waals surface area contributed by atoms with Crippen molar-refractivity contribution in [3.63, 3.8) is 0 Å². The van der Waals surface area contributed by atoms with Crippen LogP contribution in [0.5, 0.6) is 0 Å². The standard InChI is InChI=1S/C20H11ClF2N2O2/c21-13-1-4-15(5-2-13)25-20(26)12(11-24)9-16-6-8-19(27-16)17-7-3-14(22)10-18(17)23/h1-10H,(H,25,26)/b12-9+. The fraction of sp³-hybridized carbons (Fsp3) is 0. The second kappa shape index (κ2) is 7.85. The van der Waals surface area contributed by atoms with Gasteiger partial charge in [0.1, 0.15) is 34.8 Å². The Morgan fingerprint density at radius 1 is 1.11 bits per heavy atom. The maximum Gasteiger partial charge on any atom is 0.266 e. The molecule has 1 N–H and O–H groups in total. The summed E-state index contributed by atoms with van der Waals surface area (Å²) in [4.78, 5) is 12.2. The van der Waals surface area contributed by atoms with Gasteiger partial charge in [0.15, 0.2) is 0 Å². The molecular formula is C20H11ClF2N2O2. The number of hydrogen-bond acceptors (Lipinski definition) is 3. The van der Waals surface area contributed by atoms with Crippen molar-refractivity contribution in [2.75, 3.05) is 5.32 Å². The summed E-state index contributed by atoms with van der Waals surface area (Å²) >= 11 is 5.78. The van der Waals surface area contributed by atoms with Gasteiger partial charge in [-0.25, -0.2) is 8.78 Å². The summed E-state index contributed by atoms with van der Waals surface area (Å²) in [6.07, 6.45) is 1.23. The molecule has 0 atom stereocenters. The molecule has 1 heterocycles. The Hall–Kier alpha value is -3.43. The Balaban J connectivity index is 1.82. The molecule has 0 aliphatic rings. The molecule has 2 aromatic carbocycles. The number of benzene rings is 2. The molecule has 1 aromatic heterocycles. The quantitative estimate of drug-likeness (QED) is 0.482. The first-order chi connectivity index (χ1) is 13.0. The van der Waals surface area contributed by atoms with E-state index in [0.29, 0.717) is 10.7 Å². The lowest BCUT2D eigenvalue weighted by molar-refractivity contribution is -0.112. The van der Waals surface area contributed by atoms with Crippen molar-refractivity contribution in [2.24, 2.45) is 0 Å². The molecule has 0 saturated carbocycles. The Morgan fingerprint density at radius 2 is 1.85 bits per heavy atom. The average Bonchev–Trinajstić information content (AvgIpc) is 3.09. The van der Waals surface area contributed by atoms with Gasteiger partial charge < -0.3 is 9.73 Å². The van der Waals surface area contributed by atoms with E-state index in [0.717, 1.165) is 12.1 Å². The lowest BCUT2D eigenvalue weighted by Crippen LogP contribution is -2.13. The van der Waals surface area contributed by atoms with Crippen LogP contribution >= 0.6 is 11.6 Å². The Bertz CT molecular complexity index is 1070. The van der Waals surface area contributed by atoms with Crippen molar-refractivity contribution in [3.05, 3.63) is 82.6 Å². The fourth-order valence-corrected chi connectivity index (χ4v) is 2.41. The summed E-state index contributed by atoms with van der Waals surface area (Å²) in [5.41, 5.74) is 0.338. The summed E-state index contributed by atoms with van der Waals surface area (Å²) in [5.74, 6) is -1.79. The topological polar surface area (TPSA) is 66.0 Å². The molecule has 0 aliphatic heterocycles. The monoisotopic (exact) mass is 384 g/mol. The van der Waals surface area contributed by atoms with Crippen LogP contribution in [-0.4, -0.2) is 5.91 Å². The van der Waals surface area contributed by atoms with Gasteiger partial charge in [-0.2, -0.15) is 5.26 Å². The predicted octanol–water partition coefficient (Wildman–Crippen LogP) is 5.42. The van der Waals surface area contributed by atoms with Gasteiger partial charge in [0.05, 0.1) is 5.56 Å². The van der Waals surface area contributed by atoms with Crippen LogP contribution < -0.4 is 5.32 Å². The number of carbonyl (C=O) groups excluding carboxylic acids is 1. The van der Waals surface area contributed by atoms with Crippen LogP contribution in [0.4, 0.5) is 14.5 Å². The Morgan fingerprint density at radius 3 is 2.52 bits per heavy atom. The van der Waals surface area contributed by atoms with E-state index in [2.05, 4.69) is 5.32 Å². The largest absolute Gasteiger partial charge is 0.457 e. The van der Waals surface area contributed by atoms with Crippen LogP contribution in [0.1, 0.15) is 5.76 Å². The molecule has 3 rings (SSSR count). The second-order valence-corrected chi connectivity index (χ2v) is 5.89. The van der Waals surface area contributed by atoms with Crippen LogP contribution in [0.25, 0.3) is 17.4 Å². The molecule has 1 amide bonds. The molecular weight excluding hydrogens is 374 g/mol. The third-order valence-corrected chi connectivity index (χ3v) is 3.83. The second-order valence-electron chi connectivity index (χ2n) is 5.46. The minimum Gasteiger partial charge on any atom is -0.457 e. The number of hydrogen-bond donors (Lipinski definition) is 1. The van der Waals surface area contributed by atoms with E-state index in [4.69, 9.17) is 16.0 Å². The first kappa shape index (κ1) is 18.4. The number of furan rings is 1. The number of amides is 1. The number of halogens is 3. The summed E-state index contributed by atoms with van der Waals surface area (Å²) in [7, 11) is 0. The maximum atomic E-state index is 13.8. The van der Waals surface area contributed by atoms with E-state index >= 15 is 0 Å². The highest BCUT2D eigenvalue weighted by atomic mass is 35.5. The summed E-state index contributed by atoms with van der Waals surface area (Å²) in [5, 5.41) is 12.3. The lowest BCUT2D eigenvalue weighted by atomic mass is 10.1. The van der Waals surface area contributed by atoms with Crippen molar-refractivity contribution >= 4 is 29.3 Å². The Labute approximate surface area is 158 Å². The summed E-state index contributed by atoms with van der Waals surface area (Å²) < 4.78 is 32.3. The third-order valence-electron chi connectivity index (χ3n) is 3.58.